The highest BCUT2D eigenvalue weighted by atomic mass is 19.1. The molecule has 2 aromatic carbocycles. The third-order valence-corrected chi connectivity index (χ3v) is 6.64. The summed E-state index contributed by atoms with van der Waals surface area (Å²) in [4.78, 5) is 11.7. The lowest BCUT2D eigenvalue weighted by Crippen LogP contribution is -2.36. The molecule has 1 heterocycles. The van der Waals surface area contributed by atoms with Gasteiger partial charge in [-0.15, -0.1) is 0 Å². The molecule has 5 heteroatoms. The molecule has 0 spiro atoms. The molecule has 3 aliphatic rings. The lowest BCUT2D eigenvalue weighted by atomic mass is 9.67. The number of aromatic carboxylic acids is 1. The van der Waals surface area contributed by atoms with E-state index < -0.39 is 23.6 Å². The zero-order valence-corrected chi connectivity index (χ0v) is 14.1. The Morgan fingerprint density at radius 1 is 1.08 bits per heavy atom. The highest BCUT2D eigenvalue weighted by Crippen LogP contribution is 2.64. The molecule has 5 rings (SSSR count). The number of anilines is 1. The van der Waals surface area contributed by atoms with E-state index in [4.69, 9.17) is 0 Å². The predicted molar refractivity (Wildman–Crippen MR) is 93.2 cm³/mol. The van der Waals surface area contributed by atoms with E-state index in [1.807, 2.05) is 6.07 Å². The van der Waals surface area contributed by atoms with Crippen LogP contribution < -0.4 is 5.32 Å². The van der Waals surface area contributed by atoms with Gasteiger partial charge < -0.3 is 10.4 Å². The summed E-state index contributed by atoms with van der Waals surface area (Å²) in [5.74, 6) is -0.587. The normalized spacial score (nSPS) is 31.2. The van der Waals surface area contributed by atoms with Crippen molar-refractivity contribution in [1.82, 2.24) is 0 Å². The fourth-order valence-electron chi connectivity index (χ4n) is 5.75. The van der Waals surface area contributed by atoms with Gasteiger partial charge >= 0.3 is 5.97 Å². The zero-order valence-electron chi connectivity index (χ0n) is 14.1. The maximum absolute atomic E-state index is 14.6. The number of nitrogens with one attached hydrogen (secondary N) is 1. The second-order valence-electron chi connectivity index (χ2n) is 7.80. The minimum Gasteiger partial charge on any atom is -0.478 e. The molecule has 0 radical (unpaired) electrons. The number of carboxylic acid groups (broad SMARTS) is 1. The van der Waals surface area contributed by atoms with Gasteiger partial charge in [0.2, 0.25) is 0 Å². The van der Waals surface area contributed by atoms with Gasteiger partial charge in [0.25, 0.3) is 0 Å². The largest absolute Gasteiger partial charge is 0.478 e. The summed E-state index contributed by atoms with van der Waals surface area (Å²) in [5.41, 5.74) is 2.10. The molecule has 2 N–H and O–H groups in total. The van der Waals surface area contributed by atoms with Crippen LogP contribution in [0.5, 0.6) is 0 Å². The van der Waals surface area contributed by atoms with E-state index in [2.05, 4.69) is 5.32 Å². The summed E-state index contributed by atoms with van der Waals surface area (Å²) in [6, 6.07) is 8.48. The smallest absolute Gasteiger partial charge is 0.337 e. The Morgan fingerprint density at radius 3 is 2.69 bits per heavy atom. The van der Waals surface area contributed by atoms with E-state index in [9.17, 15) is 18.7 Å². The molecule has 134 valence electrons. The van der Waals surface area contributed by atoms with E-state index in [1.165, 1.54) is 6.07 Å². The molecular weight excluding hydrogens is 336 g/mol. The standard InChI is InChI=1S/C21H19F2NO2/c22-12-6-7-16(23)15(9-12)20-18-11-5-4-10(8-11)17(18)13-2-1-3-14(21(25)26)19(13)24-20/h1-3,6-7,9-11,17-18,20,24H,4-5,8H2,(H,25,26)/t10-,11-,17+,18+,20+/m0/s1. The van der Waals surface area contributed by atoms with Crippen LogP contribution in [0.1, 0.15) is 52.7 Å². The zero-order chi connectivity index (χ0) is 18.0. The molecule has 1 aliphatic heterocycles. The Bertz CT molecular complexity index is 913. The minimum absolute atomic E-state index is 0.168. The van der Waals surface area contributed by atoms with Crippen LogP contribution in [0.3, 0.4) is 0 Å². The van der Waals surface area contributed by atoms with Gasteiger partial charge in [0.1, 0.15) is 11.6 Å². The number of benzene rings is 2. The molecule has 2 aliphatic carbocycles. The van der Waals surface area contributed by atoms with Crippen LogP contribution in [0, 0.1) is 29.4 Å². The summed E-state index contributed by atoms with van der Waals surface area (Å²) in [7, 11) is 0. The Labute approximate surface area is 150 Å². The first-order valence-corrected chi connectivity index (χ1v) is 9.12. The van der Waals surface area contributed by atoms with Crippen LogP contribution in [-0.2, 0) is 0 Å². The third-order valence-electron chi connectivity index (χ3n) is 6.64. The highest BCUT2D eigenvalue weighted by molar-refractivity contribution is 5.95. The minimum atomic E-state index is -1.01. The van der Waals surface area contributed by atoms with Crippen molar-refractivity contribution in [3.8, 4) is 0 Å². The molecule has 2 fully saturated rings. The molecular formula is C21H19F2NO2. The molecule has 2 aromatic rings. The molecule has 0 amide bonds. The van der Waals surface area contributed by atoms with Gasteiger partial charge in [0.05, 0.1) is 17.3 Å². The number of carbonyl (C=O) groups is 1. The number of hydrogen-bond donors (Lipinski definition) is 2. The number of fused-ring (bicyclic) bond motifs is 7. The Balaban J connectivity index is 1.70. The molecule has 2 bridgehead atoms. The maximum atomic E-state index is 14.6. The molecule has 0 aromatic heterocycles. The number of hydrogen-bond acceptors (Lipinski definition) is 2. The second kappa shape index (κ2) is 5.53. The lowest BCUT2D eigenvalue weighted by Gasteiger charge is -2.44. The van der Waals surface area contributed by atoms with Crippen LogP contribution in [0.25, 0.3) is 0 Å². The average Bonchev–Trinajstić information content (AvgIpc) is 3.25. The van der Waals surface area contributed by atoms with Crippen LogP contribution in [0.4, 0.5) is 14.5 Å². The third kappa shape index (κ3) is 2.12. The van der Waals surface area contributed by atoms with Crippen molar-refractivity contribution in [3.63, 3.8) is 0 Å². The van der Waals surface area contributed by atoms with Gasteiger partial charge in [0, 0.05) is 5.56 Å². The van der Waals surface area contributed by atoms with Crippen LogP contribution in [0.15, 0.2) is 36.4 Å². The Kier molecular flexibility index (Phi) is 3.36. The first-order chi connectivity index (χ1) is 12.5. The number of carboxylic acids is 1. The van der Waals surface area contributed by atoms with Crippen LogP contribution in [0.2, 0.25) is 0 Å². The van der Waals surface area contributed by atoms with Crippen molar-refractivity contribution in [1.29, 1.82) is 0 Å². The van der Waals surface area contributed by atoms with Crippen LogP contribution in [-0.4, -0.2) is 11.1 Å². The van der Waals surface area contributed by atoms with E-state index in [1.54, 1.807) is 12.1 Å². The second-order valence-corrected chi connectivity index (χ2v) is 7.80. The molecule has 26 heavy (non-hydrogen) atoms. The maximum Gasteiger partial charge on any atom is 0.337 e. The van der Waals surface area contributed by atoms with Crippen molar-refractivity contribution in [2.75, 3.05) is 5.32 Å². The van der Waals surface area contributed by atoms with Crippen molar-refractivity contribution < 1.29 is 18.7 Å². The van der Waals surface area contributed by atoms with Gasteiger partial charge in [-0.1, -0.05) is 12.1 Å². The van der Waals surface area contributed by atoms with Gasteiger partial charge in [0.15, 0.2) is 0 Å². The van der Waals surface area contributed by atoms with Gasteiger partial charge in [-0.2, -0.15) is 0 Å². The van der Waals surface area contributed by atoms with Crippen LogP contribution >= 0.6 is 0 Å². The lowest BCUT2D eigenvalue weighted by molar-refractivity contribution is 0.0697. The average molecular weight is 355 g/mol. The first kappa shape index (κ1) is 15.8. The van der Waals surface area contributed by atoms with Gasteiger partial charge in [-0.3, -0.25) is 0 Å². The monoisotopic (exact) mass is 355 g/mol. The summed E-state index contributed by atoms with van der Waals surface area (Å²) in [6.45, 7) is 0. The highest BCUT2D eigenvalue weighted by Gasteiger charge is 2.54. The Morgan fingerprint density at radius 2 is 1.88 bits per heavy atom. The van der Waals surface area contributed by atoms with Gasteiger partial charge in [-0.05, 0) is 72.8 Å². The molecule has 2 saturated carbocycles. The SMILES string of the molecule is O=C(O)c1cccc2c1N[C@H](c1cc(F)ccc1F)[C@@H]1[C@H]3CC[C@@H](C3)[C@H]21. The molecule has 0 saturated heterocycles. The predicted octanol–water partition coefficient (Wildman–Crippen LogP) is 4.96. The van der Waals surface area contributed by atoms with Crippen molar-refractivity contribution in [2.45, 2.75) is 31.2 Å². The summed E-state index contributed by atoms with van der Waals surface area (Å²) in [6.07, 6.45) is 3.32. The first-order valence-electron chi connectivity index (χ1n) is 9.12. The summed E-state index contributed by atoms with van der Waals surface area (Å²) in [5, 5.41) is 12.9. The fourth-order valence-corrected chi connectivity index (χ4v) is 5.75. The van der Waals surface area contributed by atoms with E-state index in [-0.39, 0.29) is 17.4 Å². The number of rotatable bonds is 2. The van der Waals surface area contributed by atoms with Crippen molar-refractivity contribution in [3.05, 3.63) is 64.7 Å². The fraction of sp³-hybridized carbons (Fsp3) is 0.381. The topological polar surface area (TPSA) is 49.3 Å². The number of para-hydroxylation sites is 1. The van der Waals surface area contributed by atoms with Crippen molar-refractivity contribution >= 4 is 11.7 Å². The van der Waals surface area contributed by atoms with Gasteiger partial charge in [-0.25, -0.2) is 13.6 Å². The Hall–Kier alpha value is -2.43. The molecule has 3 nitrogen and oxygen atoms in total. The quantitative estimate of drug-likeness (QED) is 0.800. The molecule has 0 unspecified atom stereocenters. The number of halogens is 2. The van der Waals surface area contributed by atoms with Crippen molar-refractivity contribution in [2.24, 2.45) is 17.8 Å². The van der Waals surface area contributed by atoms with E-state index in [0.29, 0.717) is 23.1 Å². The summed E-state index contributed by atoms with van der Waals surface area (Å²) >= 11 is 0. The molecule has 5 atom stereocenters. The van der Waals surface area contributed by atoms with E-state index in [0.717, 1.165) is 37.0 Å². The van der Waals surface area contributed by atoms with E-state index >= 15 is 0 Å². The summed E-state index contributed by atoms with van der Waals surface area (Å²) < 4.78 is 28.4.